The number of benzene rings is 2. The molecule has 0 aliphatic carbocycles. The number of sulfonamides is 1. The van der Waals surface area contributed by atoms with Crippen LogP contribution in [0, 0.1) is 13.8 Å². The van der Waals surface area contributed by atoms with Gasteiger partial charge in [0.05, 0.1) is 28.0 Å². The van der Waals surface area contributed by atoms with Crippen LogP contribution < -0.4 is 15.6 Å². The molecular formula is C30H34N10O4S. The molecule has 0 unspecified atom stereocenters. The largest absolute Gasteiger partial charge is 0.361 e. The third kappa shape index (κ3) is 6.36. The fourth-order valence-corrected chi connectivity index (χ4v) is 6.64. The Morgan fingerprint density at radius 1 is 1.02 bits per heavy atom. The average Bonchev–Trinajstić information content (AvgIpc) is 3.60. The van der Waals surface area contributed by atoms with Crippen LogP contribution in [0.2, 0.25) is 0 Å². The molecule has 4 heterocycles. The van der Waals surface area contributed by atoms with Crippen LogP contribution in [-0.2, 0) is 21.2 Å². The Morgan fingerprint density at radius 2 is 1.80 bits per heavy atom. The molecule has 0 atom stereocenters. The van der Waals surface area contributed by atoms with E-state index in [0.29, 0.717) is 55.1 Å². The number of hydrogen-bond donors (Lipinski definition) is 2. The zero-order chi connectivity index (χ0) is 31.7. The Balaban J connectivity index is 1.26. The lowest BCUT2D eigenvalue weighted by Gasteiger charge is -2.31. The SMILES string of the molecule is Cc1cc(CC(=O)Nc2nc3c(C)cccc3n2N(C)c2ccnc(Nc3cccc(S(=O)(=O)N4CCN(C)CC4)c3)n2)on1. The predicted octanol–water partition coefficient (Wildman–Crippen LogP) is 3.19. The first-order chi connectivity index (χ1) is 21.6. The summed E-state index contributed by atoms with van der Waals surface area (Å²) < 4.78 is 35.1. The molecule has 15 heteroatoms. The summed E-state index contributed by atoms with van der Waals surface area (Å²) in [7, 11) is 0.134. The van der Waals surface area contributed by atoms with Gasteiger partial charge in [-0.3, -0.25) is 15.1 Å². The maximum atomic E-state index is 13.3. The van der Waals surface area contributed by atoms with Crippen molar-refractivity contribution in [3.05, 3.63) is 77.8 Å². The van der Waals surface area contributed by atoms with Crippen molar-refractivity contribution in [2.45, 2.75) is 25.2 Å². The zero-order valence-corrected chi connectivity index (χ0v) is 26.2. The van der Waals surface area contributed by atoms with Crippen molar-refractivity contribution in [3.8, 4) is 0 Å². The normalized spacial score (nSPS) is 14.5. The highest BCUT2D eigenvalue weighted by Gasteiger charge is 2.28. The molecule has 2 N–H and O–H groups in total. The van der Waals surface area contributed by atoms with Crippen molar-refractivity contribution in [2.24, 2.45) is 0 Å². The van der Waals surface area contributed by atoms with E-state index in [1.807, 2.05) is 32.2 Å². The molecule has 3 aromatic heterocycles. The summed E-state index contributed by atoms with van der Waals surface area (Å²) in [6.07, 6.45) is 1.60. The smallest absolute Gasteiger partial charge is 0.243 e. The highest BCUT2D eigenvalue weighted by atomic mass is 32.2. The van der Waals surface area contributed by atoms with Gasteiger partial charge in [-0.25, -0.2) is 23.1 Å². The number of amides is 1. The molecule has 0 saturated carbocycles. The summed E-state index contributed by atoms with van der Waals surface area (Å²) in [4.78, 5) is 29.1. The van der Waals surface area contributed by atoms with E-state index in [0.717, 1.165) is 16.6 Å². The molecule has 2 aromatic carbocycles. The van der Waals surface area contributed by atoms with Crippen LogP contribution in [0.15, 0.2) is 70.2 Å². The number of aromatic nitrogens is 5. The van der Waals surface area contributed by atoms with E-state index in [-0.39, 0.29) is 23.2 Å². The summed E-state index contributed by atoms with van der Waals surface area (Å²) >= 11 is 0. The van der Waals surface area contributed by atoms with Gasteiger partial charge in [-0.1, -0.05) is 23.4 Å². The van der Waals surface area contributed by atoms with Gasteiger partial charge in [-0.05, 0) is 50.7 Å². The molecule has 234 valence electrons. The standard InChI is InChI=1S/C30H34N10O4S/c1-20-7-5-10-25-28(20)35-30(34-27(41)19-23-17-21(2)36-44-23)40(25)38(4)26-11-12-31-29(33-26)32-22-8-6-9-24(18-22)45(42,43)39-15-13-37(3)14-16-39/h5-12,17-18H,13-16,19H2,1-4H3,(H,31,32,33)(H,34,35,41). The molecule has 0 bridgehead atoms. The van der Waals surface area contributed by atoms with E-state index in [9.17, 15) is 13.2 Å². The molecule has 0 radical (unpaired) electrons. The predicted molar refractivity (Wildman–Crippen MR) is 170 cm³/mol. The number of carbonyl (C=O) groups excluding carboxylic acids is 1. The van der Waals surface area contributed by atoms with Crippen molar-refractivity contribution >= 4 is 50.4 Å². The van der Waals surface area contributed by atoms with Crippen LogP contribution in [0.4, 0.5) is 23.4 Å². The fraction of sp³-hybridized carbons (Fsp3) is 0.300. The molecule has 0 spiro atoms. The van der Waals surface area contributed by atoms with E-state index in [4.69, 9.17) is 9.51 Å². The lowest BCUT2D eigenvalue weighted by Crippen LogP contribution is -2.47. The molecule has 1 fully saturated rings. The van der Waals surface area contributed by atoms with Crippen molar-refractivity contribution < 1.29 is 17.7 Å². The molecule has 45 heavy (non-hydrogen) atoms. The van der Waals surface area contributed by atoms with Gasteiger partial charge >= 0.3 is 0 Å². The quantitative estimate of drug-likeness (QED) is 0.247. The van der Waals surface area contributed by atoms with Gasteiger partial charge in [0.1, 0.15) is 5.76 Å². The first kappa shape index (κ1) is 30.2. The molecule has 14 nitrogen and oxygen atoms in total. The van der Waals surface area contributed by atoms with Crippen molar-refractivity contribution in [1.82, 2.24) is 34.0 Å². The molecule has 1 aliphatic rings. The number of aryl methyl sites for hydroxylation is 2. The Bertz CT molecular complexity index is 1960. The number of nitrogens with one attached hydrogen (secondary N) is 2. The van der Waals surface area contributed by atoms with Crippen LogP contribution in [0.25, 0.3) is 11.0 Å². The molecule has 1 saturated heterocycles. The maximum Gasteiger partial charge on any atom is 0.243 e. The molecular weight excluding hydrogens is 596 g/mol. The highest BCUT2D eigenvalue weighted by Crippen LogP contribution is 2.27. The third-order valence-electron chi connectivity index (χ3n) is 7.59. The second kappa shape index (κ2) is 12.3. The second-order valence-corrected chi connectivity index (χ2v) is 12.9. The van der Waals surface area contributed by atoms with E-state index >= 15 is 0 Å². The van der Waals surface area contributed by atoms with Crippen LogP contribution in [0.5, 0.6) is 0 Å². The van der Waals surface area contributed by atoms with Gasteiger partial charge in [0.25, 0.3) is 0 Å². The molecule has 1 amide bonds. The number of para-hydroxylation sites is 1. The van der Waals surface area contributed by atoms with Gasteiger partial charge in [0.15, 0.2) is 5.82 Å². The van der Waals surface area contributed by atoms with E-state index in [1.54, 1.807) is 66.3 Å². The first-order valence-corrected chi connectivity index (χ1v) is 15.9. The Kier molecular flexibility index (Phi) is 8.22. The van der Waals surface area contributed by atoms with Gasteiger partial charge in [0.2, 0.25) is 27.8 Å². The zero-order valence-electron chi connectivity index (χ0n) is 25.4. The van der Waals surface area contributed by atoms with Crippen LogP contribution in [-0.4, -0.2) is 88.6 Å². The number of nitrogens with zero attached hydrogens (tertiary/aromatic N) is 8. The lowest BCUT2D eigenvalue weighted by molar-refractivity contribution is -0.115. The average molecular weight is 631 g/mol. The summed E-state index contributed by atoms with van der Waals surface area (Å²) in [6, 6.07) is 15.9. The number of rotatable bonds is 9. The topological polar surface area (TPSA) is 155 Å². The van der Waals surface area contributed by atoms with Crippen molar-refractivity contribution in [3.63, 3.8) is 0 Å². The number of likely N-dealkylation sites (N-methyl/N-ethyl adjacent to an activating group) is 1. The number of piperazine rings is 1. The summed E-state index contributed by atoms with van der Waals surface area (Å²) in [6.45, 7) is 6.00. The Morgan fingerprint density at radius 3 is 2.56 bits per heavy atom. The highest BCUT2D eigenvalue weighted by molar-refractivity contribution is 7.89. The molecule has 6 rings (SSSR count). The van der Waals surface area contributed by atoms with Gasteiger partial charge < -0.3 is 14.7 Å². The van der Waals surface area contributed by atoms with Gasteiger partial charge in [0, 0.05) is 57.2 Å². The van der Waals surface area contributed by atoms with E-state index in [2.05, 4.69) is 30.7 Å². The molecule has 1 aliphatic heterocycles. The van der Waals surface area contributed by atoms with Gasteiger partial charge in [-0.2, -0.15) is 9.29 Å². The minimum absolute atomic E-state index is 0.00207. The van der Waals surface area contributed by atoms with Crippen LogP contribution in [0.3, 0.4) is 0 Å². The van der Waals surface area contributed by atoms with E-state index in [1.165, 1.54) is 4.31 Å². The molecule has 5 aromatic rings. The summed E-state index contributed by atoms with van der Waals surface area (Å²) in [5, 5.41) is 11.6. The lowest BCUT2D eigenvalue weighted by atomic mass is 10.2. The number of fused-ring (bicyclic) bond motifs is 1. The van der Waals surface area contributed by atoms with Crippen molar-refractivity contribution in [1.29, 1.82) is 0 Å². The van der Waals surface area contributed by atoms with Crippen molar-refractivity contribution in [2.75, 3.05) is 55.9 Å². The minimum atomic E-state index is -3.65. The first-order valence-electron chi connectivity index (χ1n) is 14.4. The minimum Gasteiger partial charge on any atom is -0.361 e. The Labute approximate surface area is 260 Å². The number of hydrogen-bond acceptors (Lipinski definition) is 11. The Hall–Kier alpha value is -4.86. The summed E-state index contributed by atoms with van der Waals surface area (Å²) in [5.41, 5.74) is 3.65. The number of carbonyl (C=O) groups is 1. The summed E-state index contributed by atoms with van der Waals surface area (Å²) in [5.74, 6) is 1.20. The number of imidazole rings is 1. The monoisotopic (exact) mass is 630 g/mol. The van der Waals surface area contributed by atoms with Gasteiger partial charge in [-0.15, -0.1) is 0 Å². The maximum absolute atomic E-state index is 13.3. The van der Waals surface area contributed by atoms with Crippen LogP contribution in [0.1, 0.15) is 17.0 Å². The fourth-order valence-electron chi connectivity index (χ4n) is 5.17. The third-order valence-corrected chi connectivity index (χ3v) is 9.48. The van der Waals surface area contributed by atoms with E-state index < -0.39 is 10.0 Å². The van der Waals surface area contributed by atoms with Crippen LogP contribution >= 0.6 is 0 Å². The number of anilines is 4. The second-order valence-electron chi connectivity index (χ2n) is 11.0.